The van der Waals surface area contributed by atoms with Crippen LogP contribution < -0.4 is 21.4 Å². The number of carbonyl (C=O) groups excluding carboxylic acids is 3. The molecule has 0 saturated carbocycles. The van der Waals surface area contributed by atoms with E-state index in [0.29, 0.717) is 16.0 Å². The molecule has 0 saturated heterocycles. The fourth-order valence-electron chi connectivity index (χ4n) is 3.63. The molecule has 11 heteroatoms. The van der Waals surface area contributed by atoms with Crippen LogP contribution in [0.2, 0.25) is 0 Å². The van der Waals surface area contributed by atoms with E-state index in [1.807, 2.05) is 30.3 Å². The van der Waals surface area contributed by atoms with Gasteiger partial charge < -0.3 is 16.0 Å². The number of thiophene rings is 1. The van der Waals surface area contributed by atoms with Gasteiger partial charge in [0.1, 0.15) is 17.7 Å². The molecule has 3 aromatic carbocycles. The van der Waals surface area contributed by atoms with Gasteiger partial charge in [-0.15, -0.1) is 11.3 Å². The summed E-state index contributed by atoms with van der Waals surface area (Å²) in [5.41, 5.74) is 2.94. The van der Waals surface area contributed by atoms with Gasteiger partial charge in [0.15, 0.2) is 0 Å². The summed E-state index contributed by atoms with van der Waals surface area (Å²) in [5, 5.41) is 17.4. The second-order valence-corrected chi connectivity index (χ2v) is 9.18. The Bertz CT molecular complexity index is 1450. The lowest BCUT2D eigenvalue weighted by Crippen LogP contribution is -2.49. The highest BCUT2D eigenvalue weighted by molar-refractivity contribution is 7.20. The quantitative estimate of drug-likeness (QED) is 0.174. The maximum absolute atomic E-state index is 13.9. The summed E-state index contributed by atoms with van der Waals surface area (Å²) >= 11 is 1.18. The molecule has 5 N–H and O–H groups in total. The third-order valence-corrected chi connectivity index (χ3v) is 6.58. The summed E-state index contributed by atoms with van der Waals surface area (Å²) in [6.07, 6.45) is 0.187. The highest BCUT2D eigenvalue weighted by atomic mass is 32.1. The van der Waals surface area contributed by atoms with E-state index in [9.17, 15) is 23.2 Å². The van der Waals surface area contributed by atoms with E-state index < -0.39 is 35.5 Å². The predicted molar refractivity (Wildman–Crippen MR) is 135 cm³/mol. The number of benzene rings is 3. The summed E-state index contributed by atoms with van der Waals surface area (Å²) < 4.78 is 27.8. The van der Waals surface area contributed by atoms with Crippen molar-refractivity contribution in [1.82, 2.24) is 16.1 Å². The Hall–Kier alpha value is -4.35. The highest BCUT2D eigenvalue weighted by Crippen LogP contribution is 2.28. The van der Waals surface area contributed by atoms with Gasteiger partial charge in [0.2, 0.25) is 5.91 Å². The molecule has 0 aliphatic heterocycles. The van der Waals surface area contributed by atoms with Crippen LogP contribution in [0.3, 0.4) is 0 Å². The van der Waals surface area contributed by atoms with Crippen LogP contribution >= 0.6 is 11.3 Å². The van der Waals surface area contributed by atoms with Gasteiger partial charge in [-0.1, -0.05) is 36.4 Å². The molecular formula is C26H22F2N4O4S. The van der Waals surface area contributed by atoms with Gasteiger partial charge in [-0.25, -0.2) is 19.1 Å². The molecule has 0 bridgehead atoms. The topological polar surface area (TPSA) is 120 Å². The van der Waals surface area contributed by atoms with Crippen molar-refractivity contribution in [2.75, 3.05) is 5.32 Å². The lowest BCUT2D eigenvalue weighted by Gasteiger charge is -2.19. The van der Waals surface area contributed by atoms with Gasteiger partial charge in [0.25, 0.3) is 5.91 Å². The van der Waals surface area contributed by atoms with Gasteiger partial charge in [-0.3, -0.25) is 14.8 Å². The first-order valence-electron chi connectivity index (χ1n) is 11.1. The van der Waals surface area contributed by atoms with Gasteiger partial charge in [0, 0.05) is 35.0 Å². The minimum Gasteiger partial charge on any atom is -0.334 e. The van der Waals surface area contributed by atoms with Crippen molar-refractivity contribution < 1.29 is 28.4 Å². The molecule has 4 rings (SSSR count). The Balaban J connectivity index is 1.47. The third kappa shape index (κ3) is 6.66. The van der Waals surface area contributed by atoms with Crippen LogP contribution in [0.5, 0.6) is 0 Å². The SMILES string of the molecule is O=C(NCc1ccc(F)cc1F)N[C@@H](Cc1ccccc1)C(=O)Nc1ccc2sc(C(=O)NO)cc2c1. The number of urea groups is 1. The number of carbonyl (C=O) groups is 3. The van der Waals surface area contributed by atoms with Crippen molar-refractivity contribution in [2.24, 2.45) is 0 Å². The average molecular weight is 525 g/mol. The molecule has 190 valence electrons. The van der Waals surface area contributed by atoms with E-state index in [0.717, 1.165) is 22.4 Å². The maximum atomic E-state index is 13.9. The van der Waals surface area contributed by atoms with Gasteiger partial charge in [-0.05, 0) is 41.3 Å². The molecule has 37 heavy (non-hydrogen) atoms. The molecule has 0 unspecified atom stereocenters. The minimum absolute atomic E-state index is 0.0962. The summed E-state index contributed by atoms with van der Waals surface area (Å²) in [6.45, 7) is -0.198. The smallest absolute Gasteiger partial charge is 0.315 e. The van der Waals surface area contributed by atoms with Crippen molar-refractivity contribution in [1.29, 1.82) is 0 Å². The van der Waals surface area contributed by atoms with Crippen molar-refractivity contribution in [2.45, 2.75) is 19.0 Å². The monoisotopic (exact) mass is 524 g/mol. The van der Waals surface area contributed by atoms with Gasteiger partial charge >= 0.3 is 6.03 Å². The predicted octanol–water partition coefficient (Wildman–Crippen LogP) is 4.35. The number of hydroxylamine groups is 1. The molecule has 4 amide bonds. The molecule has 0 fully saturated rings. The zero-order chi connectivity index (χ0) is 26.4. The highest BCUT2D eigenvalue weighted by Gasteiger charge is 2.22. The standard InChI is InChI=1S/C26H22F2N4O4S/c27-18-7-6-16(20(28)13-18)14-29-26(35)31-21(10-15-4-2-1-3-5-15)24(33)30-19-8-9-22-17(11-19)12-23(37-22)25(34)32-36/h1-9,11-13,21,36H,10,14H2,(H,30,33)(H,32,34)(H2,29,31,35)/t21-/m0/s1. The van der Waals surface area contributed by atoms with Crippen molar-refractivity contribution in [3.8, 4) is 0 Å². The molecular weight excluding hydrogens is 502 g/mol. The number of hydrogen-bond acceptors (Lipinski definition) is 5. The Labute approximate surface area is 214 Å². The molecule has 0 aliphatic rings. The number of rotatable bonds is 8. The Morgan fingerprint density at radius 1 is 0.946 bits per heavy atom. The summed E-state index contributed by atoms with van der Waals surface area (Å²) in [6, 6.07) is 17.1. The second-order valence-electron chi connectivity index (χ2n) is 8.10. The van der Waals surface area contributed by atoms with Crippen molar-refractivity contribution in [3.05, 3.63) is 100 Å². The maximum Gasteiger partial charge on any atom is 0.315 e. The van der Waals surface area contributed by atoms with Crippen LogP contribution in [-0.2, 0) is 17.8 Å². The first kappa shape index (κ1) is 25.7. The lowest BCUT2D eigenvalue weighted by atomic mass is 10.1. The van der Waals surface area contributed by atoms with E-state index in [1.54, 1.807) is 29.7 Å². The molecule has 8 nitrogen and oxygen atoms in total. The number of halogens is 2. The fourth-order valence-corrected chi connectivity index (χ4v) is 4.56. The number of hydrogen-bond donors (Lipinski definition) is 5. The van der Waals surface area contributed by atoms with Gasteiger partial charge in [0.05, 0.1) is 4.88 Å². The molecule has 1 heterocycles. The first-order chi connectivity index (χ1) is 17.8. The van der Waals surface area contributed by atoms with E-state index in [4.69, 9.17) is 5.21 Å². The molecule has 0 radical (unpaired) electrons. The molecule has 0 spiro atoms. The second kappa shape index (κ2) is 11.6. The van der Waals surface area contributed by atoms with Crippen LogP contribution in [0.1, 0.15) is 20.8 Å². The molecule has 1 aromatic heterocycles. The van der Waals surface area contributed by atoms with Crippen LogP contribution in [0.4, 0.5) is 19.3 Å². The molecule has 1 atom stereocenters. The van der Waals surface area contributed by atoms with Crippen LogP contribution in [0.25, 0.3) is 10.1 Å². The largest absolute Gasteiger partial charge is 0.334 e. The van der Waals surface area contributed by atoms with Crippen LogP contribution in [0, 0.1) is 11.6 Å². The van der Waals surface area contributed by atoms with Crippen molar-refractivity contribution in [3.63, 3.8) is 0 Å². The lowest BCUT2D eigenvalue weighted by molar-refractivity contribution is -0.117. The molecule has 4 aromatic rings. The number of amides is 4. The molecule has 0 aliphatic carbocycles. The Kier molecular flexibility index (Phi) is 8.06. The zero-order valence-electron chi connectivity index (χ0n) is 19.3. The summed E-state index contributed by atoms with van der Waals surface area (Å²) in [7, 11) is 0. The average Bonchev–Trinajstić information content (AvgIpc) is 3.31. The Morgan fingerprint density at radius 3 is 2.46 bits per heavy atom. The van der Waals surface area contributed by atoms with E-state index in [1.165, 1.54) is 17.4 Å². The van der Waals surface area contributed by atoms with E-state index >= 15 is 0 Å². The Morgan fingerprint density at radius 2 is 1.73 bits per heavy atom. The fraction of sp³-hybridized carbons (Fsp3) is 0.115. The summed E-state index contributed by atoms with van der Waals surface area (Å²) in [4.78, 5) is 37.7. The van der Waals surface area contributed by atoms with E-state index in [2.05, 4.69) is 16.0 Å². The van der Waals surface area contributed by atoms with Crippen LogP contribution in [0.15, 0.2) is 72.8 Å². The van der Waals surface area contributed by atoms with E-state index in [-0.39, 0.29) is 18.5 Å². The number of nitrogens with one attached hydrogen (secondary N) is 4. The zero-order valence-corrected chi connectivity index (χ0v) is 20.1. The van der Waals surface area contributed by atoms with Crippen LogP contribution in [-0.4, -0.2) is 29.1 Å². The van der Waals surface area contributed by atoms with Gasteiger partial charge in [-0.2, -0.15) is 0 Å². The third-order valence-electron chi connectivity index (χ3n) is 5.47. The minimum atomic E-state index is -0.977. The summed E-state index contributed by atoms with van der Waals surface area (Å²) in [5.74, 6) is -2.64. The first-order valence-corrected chi connectivity index (χ1v) is 11.9. The normalized spacial score (nSPS) is 11.5. The van der Waals surface area contributed by atoms with Crippen molar-refractivity contribution >= 4 is 45.0 Å². The number of fused-ring (bicyclic) bond motifs is 1. The number of anilines is 1.